The number of anilines is 2. The highest BCUT2D eigenvalue weighted by Gasteiger charge is 2.16. The van der Waals surface area contributed by atoms with Crippen LogP contribution in [0.2, 0.25) is 0 Å². The fourth-order valence-electron chi connectivity index (χ4n) is 2.71. The monoisotopic (exact) mass is 278 g/mol. The van der Waals surface area contributed by atoms with Gasteiger partial charge in [0.05, 0.1) is 6.10 Å². The van der Waals surface area contributed by atoms with Crippen LogP contribution in [0.15, 0.2) is 18.3 Å². The minimum atomic E-state index is 0.363. The van der Waals surface area contributed by atoms with E-state index in [0.29, 0.717) is 6.10 Å². The Morgan fingerprint density at radius 2 is 2.15 bits per heavy atom. The Hall–Kier alpha value is -1.33. The first kappa shape index (κ1) is 15.1. The molecule has 3 N–H and O–H groups in total. The molecule has 1 aromatic rings. The predicted molar refractivity (Wildman–Crippen MR) is 83.3 cm³/mol. The number of hydrogen-bond acceptors (Lipinski definition) is 5. The van der Waals surface area contributed by atoms with Gasteiger partial charge in [0.2, 0.25) is 0 Å². The van der Waals surface area contributed by atoms with Crippen LogP contribution in [0.4, 0.5) is 11.5 Å². The second-order valence-electron chi connectivity index (χ2n) is 5.11. The minimum Gasteiger partial charge on any atom is -0.376 e. The normalized spacial score (nSPS) is 21.5. The molecule has 0 spiro atoms. The van der Waals surface area contributed by atoms with Crippen LogP contribution in [0.5, 0.6) is 0 Å². The molecular formula is C15H26N4O. The van der Waals surface area contributed by atoms with Gasteiger partial charge in [-0.1, -0.05) is 0 Å². The smallest absolute Gasteiger partial charge is 0.128 e. The second kappa shape index (κ2) is 8.07. The topological polar surface area (TPSA) is 63.4 Å². The molecule has 2 saturated heterocycles. The first-order valence-electron chi connectivity index (χ1n) is 7.56. The average molecular weight is 278 g/mol. The van der Waals surface area contributed by atoms with Gasteiger partial charge in [-0.05, 0) is 38.8 Å². The van der Waals surface area contributed by atoms with E-state index in [9.17, 15) is 0 Å². The third-order valence-electron chi connectivity index (χ3n) is 3.75. The molecule has 1 aromatic heterocycles. The van der Waals surface area contributed by atoms with Gasteiger partial charge in [0.25, 0.3) is 0 Å². The summed E-state index contributed by atoms with van der Waals surface area (Å²) < 4.78 is 5.60. The molecule has 0 amide bonds. The molecule has 2 fully saturated rings. The van der Waals surface area contributed by atoms with E-state index in [1.165, 1.54) is 51.5 Å². The van der Waals surface area contributed by atoms with Crippen LogP contribution in [0.3, 0.4) is 0 Å². The lowest BCUT2D eigenvalue weighted by Gasteiger charge is -2.18. The number of ether oxygens (including phenoxy) is 1. The van der Waals surface area contributed by atoms with Crippen molar-refractivity contribution < 1.29 is 4.74 Å². The molecule has 3 heterocycles. The predicted octanol–water partition coefficient (Wildman–Crippen LogP) is 1.85. The quantitative estimate of drug-likeness (QED) is 0.880. The van der Waals surface area contributed by atoms with Crippen molar-refractivity contribution in [2.75, 3.05) is 43.5 Å². The van der Waals surface area contributed by atoms with Crippen LogP contribution in [-0.4, -0.2) is 44.4 Å². The number of nitrogens with one attached hydrogen (secondary N) is 1. The second-order valence-corrected chi connectivity index (χ2v) is 5.11. The minimum absolute atomic E-state index is 0.363. The van der Waals surface area contributed by atoms with Gasteiger partial charge in [0.15, 0.2) is 0 Å². The molecule has 0 saturated carbocycles. The maximum atomic E-state index is 5.60. The Labute approximate surface area is 121 Å². The maximum absolute atomic E-state index is 5.60. The van der Waals surface area contributed by atoms with Crippen LogP contribution in [0, 0.1) is 0 Å². The molecule has 0 radical (unpaired) electrons. The molecule has 5 heteroatoms. The fraction of sp³-hybridized carbons (Fsp3) is 0.667. The van der Waals surface area contributed by atoms with Gasteiger partial charge in [-0.25, -0.2) is 4.98 Å². The van der Waals surface area contributed by atoms with Gasteiger partial charge in [0.1, 0.15) is 5.82 Å². The number of aromatic nitrogens is 1. The summed E-state index contributed by atoms with van der Waals surface area (Å²) in [4.78, 5) is 6.81. The summed E-state index contributed by atoms with van der Waals surface area (Å²) in [7, 11) is 1.50. The molecule has 0 bridgehead atoms. The third-order valence-corrected chi connectivity index (χ3v) is 3.75. The molecule has 1 atom stereocenters. The summed E-state index contributed by atoms with van der Waals surface area (Å²) >= 11 is 0. The number of rotatable bonds is 4. The lowest BCUT2D eigenvalue weighted by atomic mass is 10.2. The zero-order chi connectivity index (χ0) is 14.2. The van der Waals surface area contributed by atoms with Crippen molar-refractivity contribution in [3.05, 3.63) is 18.3 Å². The lowest BCUT2D eigenvalue weighted by Crippen LogP contribution is -2.20. The van der Waals surface area contributed by atoms with Crippen molar-refractivity contribution in [3.63, 3.8) is 0 Å². The van der Waals surface area contributed by atoms with E-state index >= 15 is 0 Å². The fourth-order valence-corrected chi connectivity index (χ4v) is 2.71. The first-order valence-corrected chi connectivity index (χ1v) is 7.56. The highest BCUT2D eigenvalue weighted by Crippen LogP contribution is 2.22. The molecule has 2 aliphatic rings. The summed E-state index contributed by atoms with van der Waals surface area (Å²) in [5.74, 6) is 0.968. The van der Waals surface area contributed by atoms with Crippen LogP contribution in [0.1, 0.15) is 25.7 Å². The van der Waals surface area contributed by atoms with Crippen LogP contribution >= 0.6 is 0 Å². The Morgan fingerprint density at radius 1 is 1.35 bits per heavy atom. The van der Waals surface area contributed by atoms with Crippen molar-refractivity contribution in [1.29, 1.82) is 0 Å². The van der Waals surface area contributed by atoms with E-state index in [1.54, 1.807) is 0 Å². The van der Waals surface area contributed by atoms with E-state index in [0.717, 1.165) is 19.0 Å². The number of hydrogen-bond donors (Lipinski definition) is 2. The summed E-state index contributed by atoms with van der Waals surface area (Å²) in [6.07, 6.45) is 7.22. The molecule has 2 aliphatic heterocycles. The largest absolute Gasteiger partial charge is 0.376 e. The Bertz CT molecular complexity index is 387. The van der Waals surface area contributed by atoms with E-state index in [2.05, 4.69) is 33.1 Å². The maximum Gasteiger partial charge on any atom is 0.128 e. The Morgan fingerprint density at radius 3 is 2.85 bits per heavy atom. The molecule has 112 valence electrons. The van der Waals surface area contributed by atoms with E-state index < -0.39 is 0 Å². The van der Waals surface area contributed by atoms with E-state index in [4.69, 9.17) is 4.74 Å². The SMILES string of the molecule is CN.c1cc(N2CCCC2)cc(NCC2CCCO2)n1. The van der Waals surface area contributed by atoms with Gasteiger partial charge in [-0.2, -0.15) is 0 Å². The summed E-state index contributed by atoms with van der Waals surface area (Å²) in [6.45, 7) is 4.13. The van der Waals surface area contributed by atoms with Crippen molar-refractivity contribution in [3.8, 4) is 0 Å². The zero-order valence-electron chi connectivity index (χ0n) is 12.3. The van der Waals surface area contributed by atoms with Crippen molar-refractivity contribution in [2.24, 2.45) is 5.73 Å². The highest BCUT2D eigenvalue weighted by atomic mass is 16.5. The van der Waals surface area contributed by atoms with Crippen LogP contribution < -0.4 is 16.0 Å². The van der Waals surface area contributed by atoms with Crippen molar-refractivity contribution in [2.45, 2.75) is 31.8 Å². The van der Waals surface area contributed by atoms with Gasteiger partial charge >= 0.3 is 0 Å². The number of nitrogens with zero attached hydrogens (tertiary/aromatic N) is 2. The van der Waals surface area contributed by atoms with Gasteiger partial charge in [-0.15, -0.1) is 0 Å². The molecule has 0 aromatic carbocycles. The van der Waals surface area contributed by atoms with Crippen LogP contribution in [-0.2, 0) is 4.74 Å². The lowest BCUT2D eigenvalue weighted by molar-refractivity contribution is 0.120. The first-order chi connectivity index (χ1) is 9.92. The standard InChI is InChI=1S/C14H21N3O.CH5N/c1-2-8-17(7-1)12-5-6-15-14(10-12)16-11-13-4-3-9-18-13;1-2/h5-6,10,13H,1-4,7-9,11H2,(H,15,16);2H2,1H3. The van der Waals surface area contributed by atoms with Gasteiger partial charge in [0, 0.05) is 44.2 Å². The Balaban J connectivity index is 0.000000704. The molecule has 5 nitrogen and oxygen atoms in total. The number of pyridine rings is 1. The average Bonchev–Trinajstić information content (AvgIpc) is 3.21. The van der Waals surface area contributed by atoms with E-state index in [-0.39, 0.29) is 0 Å². The molecule has 1 unspecified atom stereocenters. The summed E-state index contributed by atoms with van der Waals surface area (Å²) in [5, 5.41) is 3.39. The summed E-state index contributed by atoms with van der Waals surface area (Å²) in [6, 6.07) is 4.25. The molecule has 0 aliphatic carbocycles. The molecule has 3 rings (SSSR count). The van der Waals surface area contributed by atoms with Crippen molar-refractivity contribution in [1.82, 2.24) is 4.98 Å². The van der Waals surface area contributed by atoms with E-state index in [1.807, 2.05) is 6.20 Å². The van der Waals surface area contributed by atoms with Crippen molar-refractivity contribution >= 4 is 11.5 Å². The summed E-state index contributed by atoms with van der Waals surface area (Å²) in [5.41, 5.74) is 5.79. The van der Waals surface area contributed by atoms with Crippen LogP contribution in [0.25, 0.3) is 0 Å². The number of nitrogens with two attached hydrogens (primary N) is 1. The van der Waals surface area contributed by atoms with Gasteiger partial charge < -0.3 is 20.7 Å². The molecule has 20 heavy (non-hydrogen) atoms. The zero-order valence-corrected chi connectivity index (χ0v) is 12.3. The highest BCUT2D eigenvalue weighted by molar-refractivity contribution is 5.54. The third kappa shape index (κ3) is 4.08. The molecular weight excluding hydrogens is 252 g/mol. The Kier molecular flexibility index (Phi) is 6.08. The van der Waals surface area contributed by atoms with Gasteiger partial charge in [-0.3, -0.25) is 0 Å².